The number of hydrogen-bond donors (Lipinski definition) is 2. The van der Waals surface area contributed by atoms with Crippen LogP contribution in [-0.2, 0) is 11.2 Å². The second kappa shape index (κ2) is 9.11. The summed E-state index contributed by atoms with van der Waals surface area (Å²) < 4.78 is 1.02. The molecule has 0 saturated carbocycles. The van der Waals surface area contributed by atoms with Gasteiger partial charge < -0.3 is 10.4 Å². The van der Waals surface area contributed by atoms with Crippen molar-refractivity contribution < 1.29 is 9.90 Å². The Balaban J connectivity index is 1.78. The van der Waals surface area contributed by atoms with Crippen molar-refractivity contribution in [1.82, 2.24) is 5.32 Å². The summed E-state index contributed by atoms with van der Waals surface area (Å²) >= 11 is 5.14. The minimum Gasteiger partial charge on any atom is -0.387 e. The van der Waals surface area contributed by atoms with Gasteiger partial charge >= 0.3 is 0 Å². The lowest BCUT2D eigenvalue weighted by Gasteiger charge is -2.13. The Hall–Kier alpha value is -1.30. The van der Waals surface area contributed by atoms with Gasteiger partial charge in [0.2, 0.25) is 5.91 Å². The average molecular weight is 394 g/mol. The number of halogens is 1. The van der Waals surface area contributed by atoms with E-state index in [-0.39, 0.29) is 12.5 Å². The van der Waals surface area contributed by atoms with Crippen LogP contribution < -0.4 is 5.32 Å². The fourth-order valence-corrected chi connectivity index (χ4v) is 3.08. The smallest absolute Gasteiger partial charge is 0.220 e. The Morgan fingerprint density at radius 2 is 1.91 bits per heavy atom. The minimum atomic E-state index is -0.682. The molecule has 122 valence electrons. The summed E-state index contributed by atoms with van der Waals surface area (Å²) in [5, 5.41) is 12.9. The van der Waals surface area contributed by atoms with Crippen LogP contribution in [-0.4, -0.2) is 23.8 Å². The van der Waals surface area contributed by atoms with Gasteiger partial charge in [-0.2, -0.15) is 0 Å². The van der Waals surface area contributed by atoms with Gasteiger partial charge in [0, 0.05) is 22.3 Å². The molecule has 0 aliphatic rings. The van der Waals surface area contributed by atoms with Crippen LogP contribution in [0.2, 0.25) is 0 Å². The van der Waals surface area contributed by atoms with Crippen molar-refractivity contribution >= 4 is 33.6 Å². The highest BCUT2D eigenvalue weighted by molar-refractivity contribution is 9.10. The van der Waals surface area contributed by atoms with Gasteiger partial charge in [0.1, 0.15) is 0 Å². The molecule has 23 heavy (non-hydrogen) atoms. The molecule has 1 amide bonds. The molecule has 0 unspecified atom stereocenters. The molecule has 0 spiro atoms. The van der Waals surface area contributed by atoms with Crippen LogP contribution in [0.1, 0.15) is 23.7 Å². The van der Waals surface area contributed by atoms with E-state index in [1.807, 2.05) is 54.8 Å². The standard InChI is InChI=1S/C18H20BrNO2S/c1-23-15-9-6-14(7-10-15)17(21)12-20-18(22)11-8-13-4-2-3-5-16(13)19/h2-7,9-10,17,21H,8,11-12H2,1H3,(H,20,22)/t17-/m0/s1. The molecule has 0 radical (unpaired) electrons. The Morgan fingerprint density at radius 3 is 2.57 bits per heavy atom. The number of hydrogen-bond acceptors (Lipinski definition) is 3. The number of aliphatic hydroxyl groups excluding tert-OH is 1. The Kier molecular flexibility index (Phi) is 7.15. The molecule has 0 bridgehead atoms. The first-order chi connectivity index (χ1) is 11.1. The van der Waals surface area contributed by atoms with E-state index in [1.165, 1.54) is 0 Å². The molecule has 0 saturated heterocycles. The number of amides is 1. The lowest BCUT2D eigenvalue weighted by Crippen LogP contribution is -2.28. The van der Waals surface area contributed by atoms with E-state index in [0.29, 0.717) is 12.8 Å². The van der Waals surface area contributed by atoms with Crippen molar-refractivity contribution in [3.63, 3.8) is 0 Å². The number of thioether (sulfide) groups is 1. The Labute approximate surface area is 149 Å². The maximum absolute atomic E-state index is 11.9. The Morgan fingerprint density at radius 1 is 1.22 bits per heavy atom. The van der Waals surface area contributed by atoms with Gasteiger partial charge in [-0.05, 0) is 42.0 Å². The summed E-state index contributed by atoms with van der Waals surface area (Å²) in [5.41, 5.74) is 1.92. The zero-order valence-electron chi connectivity index (χ0n) is 13.0. The third kappa shape index (κ3) is 5.68. The summed E-state index contributed by atoms with van der Waals surface area (Å²) in [6.07, 6.45) is 2.40. The van der Waals surface area contributed by atoms with Crippen molar-refractivity contribution in [3.8, 4) is 0 Å². The molecule has 2 rings (SSSR count). The van der Waals surface area contributed by atoms with Crippen molar-refractivity contribution in [1.29, 1.82) is 0 Å². The number of benzene rings is 2. The lowest BCUT2D eigenvalue weighted by molar-refractivity contribution is -0.121. The van der Waals surface area contributed by atoms with Crippen LogP contribution in [0.5, 0.6) is 0 Å². The average Bonchev–Trinajstić information content (AvgIpc) is 2.59. The fourth-order valence-electron chi connectivity index (χ4n) is 2.19. The monoisotopic (exact) mass is 393 g/mol. The lowest BCUT2D eigenvalue weighted by atomic mass is 10.1. The summed E-state index contributed by atoms with van der Waals surface area (Å²) in [4.78, 5) is 13.1. The first kappa shape index (κ1) is 18.0. The summed E-state index contributed by atoms with van der Waals surface area (Å²) in [6, 6.07) is 15.6. The van der Waals surface area contributed by atoms with Crippen molar-refractivity contribution in [3.05, 3.63) is 64.1 Å². The number of rotatable bonds is 7. The molecule has 2 aromatic carbocycles. The Bertz CT molecular complexity index is 646. The highest BCUT2D eigenvalue weighted by Crippen LogP contribution is 2.19. The first-order valence-electron chi connectivity index (χ1n) is 7.42. The van der Waals surface area contributed by atoms with E-state index in [9.17, 15) is 9.90 Å². The second-order valence-electron chi connectivity index (χ2n) is 5.18. The van der Waals surface area contributed by atoms with Gasteiger partial charge in [-0.15, -0.1) is 11.8 Å². The number of nitrogens with one attached hydrogen (secondary N) is 1. The SMILES string of the molecule is CSc1ccc([C@@H](O)CNC(=O)CCc2ccccc2Br)cc1. The molecule has 1 atom stereocenters. The van der Waals surface area contributed by atoms with Gasteiger partial charge in [-0.3, -0.25) is 4.79 Å². The highest BCUT2D eigenvalue weighted by atomic mass is 79.9. The third-order valence-electron chi connectivity index (χ3n) is 3.57. The topological polar surface area (TPSA) is 49.3 Å². The molecule has 3 nitrogen and oxygen atoms in total. The van der Waals surface area contributed by atoms with Crippen molar-refractivity contribution in [2.45, 2.75) is 23.8 Å². The molecule has 0 aromatic heterocycles. The first-order valence-corrected chi connectivity index (χ1v) is 9.44. The zero-order valence-corrected chi connectivity index (χ0v) is 15.4. The zero-order chi connectivity index (χ0) is 16.7. The second-order valence-corrected chi connectivity index (χ2v) is 6.92. The minimum absolute atomic E-state index is 0.0551. The molecule has 2 N–H and O–H groups in total. The van der Waals surface area contributed by atoms with Gasteiger partial charge in [-0.25, -0.2) is 0 Å². The number of carbonyl (C=O) groups excluding carboxylic acids is 1. The maximum atomic E-state index is 11.9. The summed E-state index contributed by atoms with van der Waals surface area (Å²) in [7, 11) is 0. The van der Waals surface area contributed by atoms with Crippen LogP contribution >= 0.6 is 27.7 Å². The van der Waals surface area contributed by atoms with E-state index in [4.69, 9.17) is 0 Å². The largest absolute Gasteiger partial charge is 0.387 e. The van der Waals surface area contributed by atoms with Crippen molar-refractivity contribution in [2.24, 2.45) is 0 Å². The van der Waals surface area contributed by atoms with E-state index in [0.717, 1.165) is 20.5 Å². The maximum Gasteiger partial charge on any atom is 0.220 e. The molecule has 0 aliphatic heterocycles. The van der Waals surface area contributed by atoms with Crippen molar-refractivity contribution in [2.75, 3.05) is 12.8 Å². The number of aryl methyl sites for hydroxylation is 1. The van der Waals surface area contributed by atoms with Crippen LogP contribution in [0.3, 0.4) is 0 Å². The van der Waals surface area contributed by atoms with E-state index in [1.54, 1.807) is 11.8 Å². The highest BCUT2D eigenvalue weighted by Gasteiger charge is 2.10. The predicted octanol–water partition coefficient (Wildman–Crippen LogP) is 3.95. The van der Waals surface area contributed by atoms with Crippen LogP contribution in [0, 0.1) is 0 Å². The summed E-state index contributed by atoms with van der Waals surface area (Å²) in [5.74, 6) is -0.0551. The number of aliphatic hydroxyl groups is 1. The van der Waals surface area contributed by atoms with Gasteiger partial charge in [-0.1, -0.05) is 46.3 Å². The molecule has 2 aromatic rings. The molecular formula is C18H20BrNO2S. The molecule has 0 aliphatic carbocycles. The number of carbonyl (C=O) groups is 1. The van der Waals surface area contributed by atoms with Crippen LogP contribution in [0.4, 0.5) is 0 Å². The van der Waals surface area contributed by atoms with Gasteiger partial charge in [0.05, 0.1) is 6.10 Å². The van der Waals surface area contributed by atoms with E-state index in [2.05, 4.69) is 21.2 Å². The summed E-state index contributed by atoms with van der Waals surface area (Å²) in [6.45, 7) is 0.230. The van der Waals surface area contributed by atoms with Crippen LogP contribution in [0.25, 0.3) is 0 Å². The van der Waals surface area contributed by atoms with Gasteiger partial charge in [0.25, 0.3) is 0 Å². The van der Waals surface area contributed by atoms with E-state index < -0.39 is 6.10 Å². The third-order valence-corrected chi connectivity index (χ3v) is 5.09. The predicted molar refractivity (Wildman–Crippen MR) is 98.7 cm³/mol. The molecule has 0 heterocycles. The molecule has 0 fully saturated rings. The quantitative estimate of drug-likeness (QED) is 0.700. The van der Waals surface area contributed by atoms with Gasteiger partial charge in [0.15, 0.2) is 0 Å². The van der Waals surface area contributed by atoms with E-state index >= 15 is 0 Å². The molecule has 5 heteroatoms. The van der Waals surface area contributed by atoms with Crippen LogP contribution in [0.15, 0.2) is 57.9 Å². The fraction of sp³-hybridized carbons (Fsp3) is 0.278. The molecular weight excluding hydrogens is 374 g/mol. The normalized spacial score (nSPS) is 12.0.